The summed E-state index contributed by atoms with van der Waals surface area (Å²) < 4.78 is 5.75. The minimum absolute atomic E-state index is 0.147. The van der Waals surface area contributed by atoms with E-state index in [0.717, 1.165) is 28.0 Å². The number of aliphatic carboxylic acids is 1. The average molecular weight is 513 g/mol. The van der Waals surface area contributed by atoms with E-state index in [1.807, 2.05) is 92.7 Å². The average Bonchev–Trinajstić information content (AvgIpc) is 3.70. The summed E-state index contributed by atoms with van der Waals surface area (Å²) in [5, 5.41) is 16.8. The third kappa shape index (κ3) is 4.76. The molecule has 3 aromatic carbocycles. The molecule has 1 heterocycles. The van der Waals surface area contributed by atoms with E-state index in [1.54, 1.807) is 6.92 Å². The monoisotopic (exact) mass is 512 g/mol. The van der Waals surface area contributed by atoms with Gasteiger partial charge in [0.2, 0.25) is 0 Å². The molecule has 3 aromatic rings. The van der Waals surface area contributed by atoms with Crippen molar-refractivity contribution in [2.45, 2.75) is 50.7 Å². The van der Waals surface area contributed by atoms with Gasteiger partial charge in [0.1, 0.15) is 5.75 Å². The van der Waals surface area contributed by atoms with Crippen LogP contribution in [0.3, 0.4) is 0 Å². The summed E-state index contributed by atoms with van der Waals surface area (Å²) in [5.74, 6) is -0.455. The van der Waals surface area contributed by atoms with Gasteiger partial charge >= 0.3 is 5.97 Å². The van der Waals surface area contributed by atoms with E-state index >= 15 is 0 Å². The molecule has 1 aliphatic carbocycles. The second-order valence-corrected chi connectivity index (χ2v) is 10.3. The Morgan fingerprint density at radius 2 is 1.58 bits per heavy atom. The van der Waals surface area contributed by atoms with Gasteiger partial charge in [0, 0.05) is 6.54 Å². The van der Waals surface area contributed by atoms with Gasteiger partial charge in [0.05, 0.1) is 17.0 Å². The van der Waals surface area contributed by atoms with Crippen molar-refractivity contribution in [1.82, 2.24) is 5.32 Å². The minimum atomic E-state index is -0.749. The van der Waals surface area contributed by atoms with E-state index in [0.29, 0.717) is 25.1 Å². The lowest BCUT2D eigenvalue weighted by molar-refractivity contribution is -0.140. The quantitative estimate of drug-likeness (QED) is 0.406. The number of hydrogen-bond donors (Lipinski definition) is 2. The molecule has 7 nitrogen and oxygen atoms in total. The summed E-state index contributed by atoms with van der Waals surface area (Å²) in [6.07, 6.45) is 0.743. The number of oxime groups is 1. The van der Waals surface area contributed by atoms with Gasteiger partial charge in [0.15, 0.2) is 11.7 Å². The third-order valence-electron chi connectivity index (χ3n) is 7.84. The van der Waals surface area contributed by atoms with E-state index in [9.17, 15) is 14.7 Å². The molecule has 196 valence electrons. The predicted molar refractivity (Wildman–Crippen MR) is 145 cm³/mol. The highest BCUT2D eigenvalue weighted by Crippen LogP contribution is 2.48. The topological polar surface area (TPSA) is 97.2 Å². The maximum Gasteiger partial charge on any atom is 0.314 e. The van der Waals surface area contributed by atoms with Gasteiger partial charge in [-0.25, -0.2) is 0 Å². The van der Waals surface area contributed by atoms with Crippen LogP contribution in [0.2, 0.25) is 0 Å². The minimum Gasteiger partial charge on any atom is -0.481 e. The first kappa shape index (κ1) is 25.5. The van der Waals surface area contributed by atoms with Crippen molar-refractivity contribution in [3.8, 4) is 16.9 Å². The molecule has 5 rings (SSSR count). The Bertz CT molecular complexity index is 1350. The van der Waals surface area contributed by atoms with Gasteiger partial charge in [-0.3, -0.25) is 9.59 Å². The molecule has 3 atom stereocenters. The fraction of sp³-hybridized carbons (Fsp3) is 0.323. The van der Waals surface area contributed by atoms with Crippen molar-refractivity contribution in [1.29, 1.82) is 0 Å². The molecule has 3 unspecified atom stereocenters. The summed E-state index contributed by atoms with van der Waals surface area (Å²) in [4.78, 5) is 30.3. The number of hydrogen-bond acceptors (Lipinski definition) is 5. The van der Waals surface area contributed by atoms with Gasteiger partial charge in [0.25, 0.3) is 5.91 Å². The Hall–Kier alpha value is -4.13. The standard InChI is InChI=1S/C31H32N2O5/c1-20-27(19-32-28(34)21(2)37-26-7-5-4-6-8-26)30(3,38-33-20)24-13-9-22(10-14-24)23-11-15-25(16-12-23)31(17-18-31)29(35)36/h4-16,21,27H,17-19H2,1-3H3,(H,32,34)(H,35,36). The van der Waals surface area contributed by atoms with E-state index in [2.05, 4.69) is 10.5 Å². The van der Waals surface area contributed by atoms with Crippen molar-refractivity contribution >= 4 is 17.6 Å². The van der Waals surface area contributed by atoms with Gasteiger partial charge in [-0.2, -0.15) is 0 Å². The van der Waals surface area contributed by atoms with Crippen LogP contribution in [-0.4, -0.2) is 35.3 Å². The SMILES string of the molecule is CC1=NOC(C)(c2ccc(-c3ccc(C4(C(=O)O)CC4)cc3)cc2)C1CNC(=O)C(C)Oc1ccccc1. The molecule has 1 saturated carbocycles. The summed E-state index contributed by atoms with van der Waals surface area (Å²) >= 11 is 0. The summed E-state index contributed by atoms with van der Waals surface area (Å²) in [7, 11) is 0. The highest BCUT2D eigenvalue weighted by molar-refractivity contribution is 5.88. The molecule has 0 spiro atoms. The second-order valence-electron chi connectivity index (χ2n) is 10.3. The number of benzene rings is 3. The summed E-state index contributed by atoms with van der Waals surface area (Å²) in [5.41, 5.74) is 3.23. The molecule has 0 bridgehead atoms. The lowest BCUT2D eigenvalue weighted by Gasteiger charge is -2.30. The molecule has 0 aromatic heterocycles. The van der Waals surface area contributed by atoms with Crippen molar-refractivity contribution in [2.24, 2.45) is 11.1 Å². The normalized spacial score (nSPS) is 22.1. The van der Waals surface area contributed by atoms with Gasteiger partial charge < -0.3 is 20.0 Å². The predicted octanol–water partition coefficient (Wildman–Crippen LogP) is 5.29. The number of para-hydroxylation sites is 1. The third-order valence-corrected chi connectivity index (χ3v) is 7.84. The molecule has 0 saturated heterocycles. The molecule has 2 aliphatic rings. The van der Waals surface area contributed by atoms with Crippen LogP contribution in [0.1, 0.15) is 44.7 Å². The molecule has 2 N–H and O–H groups in total. The van der Waals surface area contributed by atoms with Crippen LogP contribution < -0.4 is 10.1 Å². The molecule has 1 fully saturated rings. The van der Waals surface area contributed by atoms with Gasteiger partial charge in [-0.05, 0) is 68.0 Å². The first-order valence-electron chi connectivity index (χ1n) is 12.9. The molecule has 1 aliphatic heterocycles. The zero-order valence-corrected chi connectivity index (χ0v) is 21.8. The Kier molecular flexibility index (Phi) is 6.69. The summed E-state index contributed by atoms with van der Waals surface area (Å²) in [6, 6.07) is 25.2. The number of nitrogens with zero attached hydrogens (tertiary/aromatic N) is 1. The number of carboxylic acids is 1. The molecule has 0 radical (unpaired) electrons. The van der Waals surface area contributed by atoms with Crippen molar-refractivity contribution < 1.29 is 24.3 Å². The Balaban J connectivity index is 1.25. The number of nitrogens with one attached hydrogen (secondary N) is 1. The van der Waals surface area contributed by atoms with Crippen molar-refractivity contribution in [2.75, 3.05) is 6.54 Å². The molecule has 1 amide bonds. The van der Waals surface area contributed by atoms with Crippen LogP contribution in [0.25, 0.3) is 11.1 Å². The Morgan fingerprint density at radius 1 is 1.00 bits per heavy atom. The van der Waals surface area contributed by atoms with E-state index < -0.39 is 23.1 Å². The maximum absolute atomic E-state index is 12.7. The van der Waals surface area contributed by atoms with Crippen molar-refractivity contribution in [3.63, 3.8) is 0 Å². The van der Waals surface area contributed by atoms with E-state index in [-0.39, 0.29) is 11.8 Å². The summed E-state index contributed by atoms with van der Waals surface area (Å²) in [6.45, 7) is 5.98. The Morgan fingerprint density at radius 3 is 2.13 bits per heavy atom. The van der Waals surface area contributed by atoms with Crippen LogP contribution in [0.15, 0.2) is 84.0 Å². The number of carbonyl (C=O) groups excluding carboxylic acids is 1. The number of carboxylic acid groups (broad SMARTS) is 1. The van der Waals surface area contributed by atoms with Crippen LogP contribution in [0.4, 0.5) is 0 Å². The van der Waals surface area contributed by atoms with Gasteiger partial charge in [-0.15, -0.1) is 0 Å². The van der Waals surface area contributed by atoms with Crippen LogP contribution in [-0.2, 0) is 25.4 Å². The van der Waals surface area contributed by atoms with Crippen LogP contribution in [0.5, 0.6) is 5.75 Å². The smallest absolute Gasteiger partial charge is 0.314 e. The Labute approximate surface area is 222 Å². The fourth-order valence-corrected chi connectivity index (χ4v) is 5.12. The highest BCUT2D eigenvalue weighted by Gasteiger charge is 2.51. The van der Waals surface area contributed by atoms with Crippen LogP contribution >= 0.6 is 0 Å². The second kappa shape index (κ2) is 9.97. The number of rotatable bonds is 9. The molecular formula is C31H32N2O5. The van der Waals surface area contributed by atoms with Gasteiger partial charge in [-0.1, -0.05) is 71.9 Å². The number of ether oxygens (including phenoxy) is 1. The highest BCUT2D eigenvalue weighted by atomic mass is 16.7. The van der Waals surface area contributed by atoms with E-state index in [1.165, 1.54) is 0 Å². The fourth-order valence-electron chi connectivity index (χ4n) is 5.12. The zero-order chi connectivity index (χ0) is 26.9. The molecule has 7 heteroatoms. The van der Waals surface area contributed by atoms with E-state index in [4.69, 9.17) is 9.57 Å². The number of carbonyl (C=O) groups is 2. The lowest BCUT2D eigenvalue weighted by Crippen LogP contribution is -2.45. The number of amides is 1. The molecular weight excluding hydrogens is 480 g/mol. The van der Waals surface area contributed by atoms with Crippen molar-refractivity contribution in [3.05, 3.63) is 90.0 Å². The molecule has 38 heavy (non-hydrogen) atoms. The largest absolute Gasteiger partial charge is 0.481 e. The lowest BCUT2D eigenvalue weighted by atomic mass is 9.80. The van der Waals surface area contributed by atoms with Crippen LogP contribution in [0, 0.1) is 5.92 Å². The first-order chi connectivity index (χ1) is 18.2. The first-order valence-corrected chi connectivity index (χ1v) is 12.9. The maximum atomic E-state index is 12.7. The zero-order valence-electron chi connectivity index (χ0n) is 21.8.